The molecule has 1 amide bonds. The van der Waals surface area contributed by atoms with E-state index in [1.54, 1.807) is 0 Å². The largest absolute Gasteiger partial charge is 0.353 e. The summed E-state index contributed by atoms with van der Waals surface area (Å²) < 4.78 is 0. The first-order valence-corrected chi connectivity index (χ1v) is 7.82. The number of benzene rings is 1. The average Bonchev–Trinajstić information content (AvgIpc) is 3.13. The predicted octanol–water partition coefficient (Wildman–Crippen LogP) is 2.69. The second kappa shape index (κ2) is 5.74. The molecule has 1 aromatic rings. The van der Waals surface area contributed by atoms with Crippen molar-refractivity contribution in [3.63, 3.8) is 0 Å². The molecule has 2 saturated carbocycles. The molecule has 2 aliphatic carbocycles. The maximum atomic E-state index is 12.3. The minimum atomic E-state index is 0.118. The third kappa shape index (κ3) is 2.84. The van der Waals surface area contributed by atoms with Gasteiger partial charge in [-0.1, -0.05) is 30.2 Å². The van der Waals surface area contributed by atoms with Crippen LogP contribution in [-0.2, 0) is 4.79 Å². The summed E-state index contributed by atoms with van der Waals surface area (Å²) in [5.41, 5.74) is 6.94. The summed E-state index contributed by atoms with van der Waals surface area (Å²) in [7, 11) is 0. The van der Waals surface area contributed by atoms with Gasteiger partial charge >= 0.3 is 0 Å². The number of hydrogen-bond acceptors (Lipinski definition) is 2. The highest BCUT2D eigenvalue weighted by Crippen LogP contribution is 2.48. The highest BCUT2D eigenvalue weighted by molar-refractivity contribution is 6.30. The maximum Gasteiger partial charge on any atom is 0.223 e. The fourth-order valence-corrected chi connectivity index (χ4v) is 3.59. The van der Waals surface area contributed by atoms with Gasteiger partial charge in [0, 0.05) is 17.0 Å². The lowest BCUT2D eigenvalue weighted by atomic mass is 10.0. The second-order valence-electron chi connectivity index (χ2n) is 6.05. The van der Waals surface area contributed by atoms with Crippen LogP contribution in [0.25, 0.3) is 0 Å². The quantitative estimate of drug-likeness (QED) is 0.896. The number of nitrogens with one attached hydrogen (secondary N) is 1. The highest BCUT2D eigenvalue weighted by Gasteiger charge is 2.45. The van der Waals surface area contributed by atoms with E-state index in [2.05, 4.69) is 11.4 Å². The Morgan fingerprint density at radius 2 is 2.25 bits per heavy atom. The molecule has 3 nitrogen and oxygen atoms in total. The van der Waals surface area contributed by atoms with Gasteiger partial charge in [0.25, 0.3) is 0 Å². The molecular formula is C16H21ClN2O. The predicted molar refractivity (Wildman–Crippen MR) is 80.6 cm³/mol. The normalized spacial score (nSPS) is 32.1. The zero-order valence-corrected chi connectivity index (χ0v) is 12.3. The van der Waals surface area contributed by atoms with Crippen molar-refractivity contribution in [1.29, 1.82) is 0 Å². The van der Waals surface area contributed by atoms with Gasteiger partial charge in [0.1, 0.15) is 0 Å². The third-order valence-corrected chi connectivity index (χ3v) is 4.93. The van der Waals surface area contributed by atoms with E-state index in [1.807, 2.05) is 18.2 Å². The van der Waals surface area contributed by atoms with Gasteiger partial charge in [-0.25, -0.2) is 0 Å². The van der Waals surface area contributed by atoms with Crippen LogP contribution < -0.4 is 11.1 Å². The molecule has 108 valence electrons. The first kappa shape index (κ1) is 13.9. The van der Waals surface area contributed by atoms with Gasteiger partial charge in [0.15, 0.2) is 0 Å². The van der Waals surface area contributed by atoms with Crippen molar-refractivity contribution in [1.82, 2.24) is 5.32 Å². The van der Waals surface area contributed by atoms with Crippen LogP contribution in [0.15, 0.2) is 24.3 Å². The molecule has 0 radical (unpaired) electrons. The highest BCUT2D eigenvalue weighted by atomic mass is 35.5. The maximum absolute atomic E-state index is 12.3. The Balaban J connectivity index is 1.57. The summed E-state index contributed by atoms with van der Waals surface area (Å²) in [5.74, 6) is 1.11. The van der Waals surface area contributed by atoms with Crippen molar-refractivity contribution in [2.45, 2.75) is 37.6 Å². The summed E-state index contributed by atoms with van der Waals surface area (Å²) >= 11 is 6.00. The van der Waals surface area contributed by atoms with E-state index in [4.69, 9.17) is 17.3 Å². The monoisotopic (exact) mass is 292 g/mol. The fraction of sp³-hybridized carbons (Fsp3) is 0.562. The van der Waals surface area contributed by atoms with Crippen LogP contribution in [0.3, 0.4) is 0 Å². The minimum absolute atomic E-state index is 0.118. The lowest BCUT2D eigenvalue weighted by Crippen LogP contribution is -2.40. The summed E-state index contributed by atoms with van der Waals surface area (Å²) in [6.07, 6.45) is 4.33. The smallest absolute Gasteiger partial charge is 0.223 e. The van der Waals surface area contributed by atoms with Crippen molar-refractivity contribution in [2.24, 2.45) is 17.6 Å². The number of halogens is 1. The average molecular weight is 293 g/mol. The SMILES string of the molecule is NCC1CCCC1NC(=O)C1CC1c1cccc(Cl)c1. The van der Waals surface area contributed by atoms with E-state index >= 15 is 0 Å². The number of nitrogens with two attached hydrogens (primary N) is 1. The number of carbonyl (C=O) groups is 1. The van der Waals surface area contributed by atoms with E-state index < -0.39 is 0 Å². The molecule has 4 unspecified atom stereocenters. The van der Waals surface area contributed by atoms with Crippen molar-refractivity contribution in [3.05, 3.63) is 34.9 Å². The molecule has 0 aromatic heterocycles. The van der Waals surface area contributed by atoms with Crippen molar-refractivity contribution < 1.29 is 4.79 Å². The minimum Gasteiger partial charge on any atom is -0.353 e. The van der Waals surface area contributed by atoms with Crippen LogP contribution in [-0.4, -0.2) is 18.5 Å². The Bertz CT molecular complexity index is 505. The molecule has 2 fully saturated rings. The molecule has 1 aromatic carbocycles. The summed E-state index contributed by atoms with van der Waals surface area (Å²) in [6, 6.07) is 8.13. The zero-order chi connectivity index (χ0) is 14.1. The molecular weight excluding hydrogens is 272 g/mol. The first-order valence-electron chi connectivity index (χ1n) is 7.45. The van der Waals surface area contributed by atoms with Crippen LogP contribution in [0.4, 0.5) is 0 Å². The Morgan fingerprint density at radius 1 is 1.40 bits per heavy atom. The first-order chi connectivity index (χ1) is 9.69. The zero-order valence-electron chi connectivity index (χ0n) is 11.5. The van der Waals surface area contributed by atoms with Crippen molar-refractivity contribution in [3.8, 4) is 0 Å². The van der Waals surface area contributed by atoms with Gasteiger partial charge in [-0.2, -0.15) is 0 Å². The van der Waals surface area contributed by atoms with Crippen LogP contribution in [0.2, 0.25) is 5.02 Å². The Hall–Kier alpha value is -1.06. The molecule has 0 aliphatic heterocycles. The van der Waals surface area contributed by atoms with Gasteiger partial charge in [0.05, 0.1) is 0 Å². The van der Waals surface area contributed by atoms with E-state index in [0.717, 1.165) is 24.3 Å². The summed E-state index contributed by atoms with van der Waals surface area (Å²) in [6.45, 7) is 0.674. The molecule has 0 spiro atoms. The van der Waals surface area contributed by atoms with E-state index in [0.29, 0.717) is 18.4 Å². The molecule has 2 aliphatic rings. The van der Waals surface area contributed by atoms with Gasteiger partial charge < -0.3 is 11.1 Å². The Labute approximate surface area is 124 Å². The van der Waals surface area contributed by atoms with Gasteiger partial charge in [-0.15, -0.1) is 0 Å². The van der Waals surface area contributed by atoms with Crippen LogP contribution in [0.1, 0.15) is 37.2 Å². The number of carbonyl (C=O) groups excluding carboxylic acids is 1. The topological polar surface area (TPSA) is 55.1 Å². The summed E-state index contributed by atoms with van der Waals surface area (Å²) in [4.78, 5) is 12.3. The number of hydrogen-bond donors (Lipinski definition) is 2. The lowest BCUT2D eigenvalue weighted by Gasteiger charge is -2.19. The van der Waals surface area contributed by atoms with Gasteiger partial charge in [0.2, 0.25) is 5.91 Å². The molecule has 0 saturated heterocycles. The van der Waals surface area contributed by atoms with Crippen LogP contribution in [0.5, 0.6) is 0 Å². The molecule has 0 bridgehead atoms. The third-order valence-electron chi connectivity index (χ3n) is 4.69. The van der Waals surface area contributed by atoms with Crippen molar-refractivity contribution in [2.75, 3.05) is 6.54 Å². The van der Waals surface area contributed by atoms with Crippen LogP contribution >= 0.6 is 11.6 Å². The molecule has 3 N–H and O–H groups in total. The molecule has 0 heterocycles. The molecule has 20 heavy (non-hydrogen) atoms. The van der Waals surface area contributed by atoms with Gasteiger partial charge in [-0.3, -0.25) is 4.79 Å². The lowest BCUT2D eigenvalue weighted by molar-refractivity contribution is -0.123. The standard InChI is InChI=1S/C16H21ClN2O/c17-12-5-1-3-10(7-12)13-8-14(13)16(20)19-15-6-2-4-11(15)9-18/h1,3,5,7,11,13-15H,2,4,6,8-9,18H2,(H,19,20). The van der Waals surface area contributed by atoms with Crippen LogP contribution in [0, 0.1) is 11.8 Å². The molecule has 4 atom stereocenters. The van der Waals surface area contributed by atoms with Gasteiger partial charge in [-0.05, 0) is 55.3 Å². The number of amides is 1. The molecule has 3 rings (SSSR count). The van der Waals surface area contributed by atoms with E-state index in [-0.39, 0.29) is 17.9 Å². The van der Waals surface area contributed by atoms with E-state index in [1.165, 1.54) is 12.0 Å². The second-order valence-corrected chi connectivity index (χ2v) is 6.48. The Morgan fingerprint density at radius 3 is 3.00 bits per heavy atom. The van der Waals surface area contributed by atoms with Crippen molar-refractivity contribution >= 4 is 17.5 Å². The number of rotatable bonds is 4. The molecule has 4 heteroatoms. The van der Waals surface area contributed by atoms with E-state index in [9.17, 15) is 4.79 Å². The summed E-state index contributed by atoms with van der Waals surface area (Å²) in [5, 5.41) is 3.95. The Kier molecular flexibility index (Phi) is 3.99. The fourth-order valence-electron chi connectivity index (χ4n) is 3.39.